The Balaban J connectivity index is 1.63. The Morgan fingerprint density at radius 1 is 1.41 bits per heavy atom. The molecule has 2 heterocycles. The third-order valence-electron chi connectivity index (χ3n) is 4.55. The number of carbonyl (C=O) groups excluding carboxylic acids is 1. The van der Waals surface area contributed by atoms with Gasteiger partial charge in [0.15, 0.2) is 9.84 Å². The minimum atomic E-state index is -2.85. The maximum Gasteiger partial charge on any atom is 0.230 e. The molecule has 0 bridgehead atoms. The summed E-state index contributed by atoms with van der Waals surface area (Å²) < 4.78 is 22.8. The van der Waals surface area contributed by atoms with E-state index < -0.39 is 9.84 Å². The van der Waals surface area contributed by atoms with Gasteiger partial charge < -0.3 is 5.32 Å². The number of hydrogen-bond donors (Lipinski definition) is 1. The minimum absolute atomic E-state index is 0.0196. The summed E-state index contributed by atoms with van der Waals surface area (Å²) in [4.78, 5) is 14.4. The molecule has 3 unspecified atom stereocenters. The highest BCUT2D eigenvalue weighted by Gasteiger charge is 2.28. The average molecular weight is 349 g/mol. The molecule has 1 amide bonds. The molecule has 0 radical (unpaired) electrons. The summed E-state index contributed by atoms with van der Waals surface area (Å²) in [5.41, 5.74) is 0. The lowest BCUT2D eigenvalue weighted by atomic mass is 9.99. The minimum Gasteiger partial charge on any atom is -0.354 e. The van der Waals surface area contributed by atoms with Crippen molar-refractivity contribution in [3.63, 3.8) is 0 Å². The number of carbonyl (C=O) groups is 1. The summed E-state index contributed by atoms with van der Waals surface area (Å²) in [7, 11) is -2.85. The fourth-order valence-corrected chi connectivity index (χ4v) is 6.63. The maximum atomic E-state index is 11.9. The van der Waals surface area contributed by atoms with Crippen molar-refractivity contribution in [3.05, 3.63) is 0 Å². The van der Waals surface area contributed by atoms with Gasteiger partial charge in [-0.1, -0.05) is 6.92 Å². The Morgan fingerprint density at radius 3 is 2.82 bits per heavy atom. The summed E-state index contributed by atoms with van der Waals surface area (Å²) in [6, 6.07) is 0.364. The molecule has 128 valence electrons. The predicted octanol–water partition coefficient (Wildman–Crippen LogP) is 1.14. The van der Waals surface area contributed by atoms with Crippen molar-refractivity contribution in [1.29, 1.82) is 0 Å². The van der Waals surface area contributed by atoms with Crippen LogP contribution < -0.4 is 5.32 Å². The van der Waals surface area contributed by atoms with E-state index in [4.69, 9.17) is 0 Å². The first-order valence-corrected chi connectivity index (χ1v) is 11.1. The number of hydrogen-bond acceptors (Lipinski definition) is 5. The molecule has 0 aromatic carbocycles. The Kier molecular flexibility index (Phi) is 6.58. The van der Waals surface area contributed by atoms with E-state index in [0.717, 1.165) is 19.0 Å². The zero-order valence-corrected chi connectivity index (χ0v) is 15.2. The lowest BCUT2D eigenvalue weighted by Crippen LogP contribution is -2.46. The fraction of sp³-hybridized carbons (Fsp3) is 0.933. The standard InChI is InChI=1S/C15H28N2O3S2/c1-12-4-3-6-17(9-12)13(2)8-16-15(18)10-21-14-5-7-22(19,20)11-14/h12-14H,3-11H2,1-2H3,(H,16,18). The zero-order valence-electron chi connectivity index (χ0n) is 13.6. The molecule has 7 heteroatoms. The largest absolute Gasteiger partial charge is 0.354 e. The number of rotatable bonds is 6. The van der Waals surface area contributed by atoms with Gasteiger partial charge in [0.05, 0.1) is 17.3 Å². The van der Waals surface area contributed by atoms with E-state index in [9.17, 15) is 13.2 Å². The van der Waals surface area contributed by atoms with Gasteiger partial charge >= 0.3 is 0 Å². The number of thioether (sulfide) groups is 1. The first-order valence-electron chi connectivity index (χ1n) is 8.18. The van der Waals surface area contributed by atoms with E-state index in [0.29, 0.717) is 24.8 Å². The van der Waals surface area contributed by atoms with Crippen LogP contribution in [0.4, 0.5) is 0 Å². The number of piperidine rings is 1. The number of nitrogens with one attached hydrogen (secondary N) is 1. The van der Waals surface area contributed by atoms with Gasteiger partial charge in [0.25, 0.3) is 0 Å². The van der Waals surface area contributed by atoms with E-state index in [2.05, 4.69) is 24.1 Å². The van der Waals surface area contributed by atoms with E-state index in [1.807, 2.05) is 0 Å². The Labute approximate surface area is 138 Å². The molecule has 0 aromatic rings. The van der Waals surface area contributed by atoms with E-state index in [1.165, 1.54) is 24.6 Å². The Hall–Kier alpha value is -0.270. The van der Waals surface area contributed by atoms with Crippen molar-refractivity contribution in [2.45, 2.75) is 44.4 Å². The van der Waals surface area contributed by atoms with Crippen LogP contribution in [0.2, 0.25) is 0 Å². The molecule has 2 saturated heterocycles. The van der Waals surface area contributed by atoms with Gasteiger partial charge in [-0.05, 0) is 38.6 Å². The molecule has 0 aliphatic carbocycles. The van der Waals surface area contributed by atoms with Crippen LogP contribution in [0.3, 0.4) is 0 Å². The normalized spacial score (nSPS) is 30.1. The lowest BCUT2D eigenvalue weighted by Gasteiger charge is -2.35. The summed E-state index contributed by atoms with van der Waals surface area (Å²) in [6.45, 7) is 7.36. The highest BCUT2D eigenvalue weighted by atomic mass is 32.2. The number of nitrogens with zero attached hydrogens (tertiary/aromatic N) is 1. The zero-order chi connectivity index (χ0) is 16.2. The van der Waals surface area contributed by atoms with Gasteiger partial charge in [0.1, 0.15) is 0 Å². The molecular weight excluding hydrogens is 320 g/mol. The van der Waals surface area contributed by atoms with Gasteiger partial charge in [0.2, 0.25) is 5.91 Å². The van der Waals surface area contributed by atoms with Gasteiger partial charge in [-0.15, -0.1) is 11.8 Å². The Bertz CT molecular complexity index is 481. The third kappa shape index (κ3) is 5.74. The van der Waals surface area contributed by atoms with Crippen LogP contribution in [0.25, 0.3) is 0 Å². The summed E-state index contributed by atoms with van der Waals surface area (Å²) in [5.74, 6) is 1.63. The SMILES string of the molecule is CC1CCCN(C(C)CNC(=O)CSC2CCS(=O)(=O)C2)C1. The highest BCUT2D eigenvalue weighted by Crippen LogP contribution is 2.24. The first kappa shape index (κ1) is 18.1. The topological polar surface area (TPSA) is 66.5 Å². The molecule has 2 aliphatic rings. The molecule has 0 spiro atoms. The second-order valence-corrected chi connectivity index (χ2v) is 10.2. The van der Waals surface area contributed by atoms with Crippen molar-refractivity contribution in [2.24, 2.45) is 5.92 Å². The lowest BCUT2D eigenvalue weighted by molar-refractivity contribution is -0.118. The monoisotopic (exact) mass is 348 g/mol. The summed E-state index contributed by atoms with van der Waals surface area (Å²) >= 11 is 1.48. The molecule has 2 fully saturated rings. The van der Waals surface area contributed by atoms with E-state index in [-0.39, 0.29) is 22.7 Å². The summed E-state index contributed by atoms with van der Waals surface area (Å²) in [5, 5.41) is 3.08. The predicted molar refractivity (Wildman–Crippen MR) is 92.0 cm³/mol. The van der Waals surface area contributed by atoms with Crippen LogP contribution in [0, 0.1) is 5.92 Å². The Morgan fingerprint density at radius 2 is 2.18 bits per heavy atom. The average Bonchev–Trinajstić information content (AvgIpc) is 2.82. The molecular formula is C15H28N2O3S2. The number of likely N-dealkylation sites (tertiary alicyclic amines) is 1. The van der Waals surface area contributed by atoms with Gasteiger partial charge in [-0.2, -0.15) is 0 Å². The molecule has 0 saturated carbocycles. The fourth-order valence-electron chi connectivity index (χ4n) is 3.15. The smallest absolute Gasteiger partial charge is 0.230 e. The van der Waals surface area contributed by atoms with Crippen LogP contribution >= 0.6 is 11.8 Å². The third-order valence-corrected chi connectivity index (χ3v) is 7.83. The van der Waals surface area contributed by atoms with Crippen LogP contribution in [0.1, 0.15) is 33.1 Å². The quantitative estimate of drug-likeness (QED) is 0.780. The molecule has 22 heavy (non-hydrogen) atoms. The second-order valence-electron chi connectivity index (χ2n) is 6.73. The van der Waals surface area contributed by atoms with E-state index >= 15 is 0 Å². The molecule has 1 N–H and O–H groups in total. The van der Waals surface area contributed by atoms with Crippen molar-refractivity contribution in [2.75, 3.05) is 36.9 Å². The maximum absolute atomic E-state index is 11.9. The number of sulfone groups is 1. The summed E-state index contributed by atoms with van der Waals surface area (Å²) in [6.07, 6.45) is 3.23. The van der Waals surface area contributed by atoms with Crippen LogP contribution in [0.15, 0.2) is 0 Å². The van der Waals surface area contributed by atoms with Gasteiger partial charge in [-0.3, -0.25) is 9.69 Å². The molecule has 2 rings (SSSR count). The molecule has 2 aliphatic heterocycles. The van der Waals surface area contributed by atoms with Crippen LogP contribution in [-0.4, -0.2) is 67.4 Å². The second kappa shape index (κ2) is 8.02. The van der Waals surface area contributed by atoms with Crippen molar-refractivity contribution in [3.8, 4) is 0 Å². The van der Waals surface area contributed by atoms with Gasteiger partial charge in [-0.25, -0.2) is 8.42 Å². The molecule has 0 aromatic heterocycles. The van der Waals surface area contributed by atoms with Crippen molar-refractivity contribution >= 4 is 27.5 Å². The number of amides is 1. The van der Waals surface area contributed by atoms with Crippen molar-refractivity contribution in [1.82, 2.24) is 10.2 Å². The van der Waals surface area contributed by atoms with Crippen LogP contribution in [0.5, 0.6) is 0 Å². The highest BCUT2D eigenvalue weighted by molar-refractivity contribution is 8.02. The first-order chi connectivity index (χ1) is 10.4. The van der Waals surface area contributed by atoms with Gasteiger partial charge in [0, 0.05) is 24.4 Å². The van der Waals surface area contributed by atoms with Crippen LogP contribution in [-0.2, 0) is 14.6 Å². The molecule has 5 nitrogen and oxygen atoms in total. The van der Waals surface area contributed by atoms with Crippen molar-refractivity contribution < 1.29 is 13.2 Å². The van der Waals surface area contributed by atoms with E-state index in [1.54, 1.807) is 0 Å². The molecule has 3 atom stereocenters.